The van der Waals surface area contributed by atoms with Crippen molar-refractivity contribution in [1.29, 1.82) is 0 Å². The van der Waals surface area contributed by atoms with Gasteiger partial charge in [-0.25, -0.2) is 0 Å². The molecule has 0 N–H and O–H groups in total. The molecule has 2 aromatic rings. The van der Waals surface area contributed by atoms with E-state index in [4.69, 9.17) is 13.3 Å². The van der Waals surface area contributed by atoms with E-state index in [2.05, 4.69) is 48.5 Å². The van der Waals surface area contributed by atoms with Gasteiger partial charge in [0.15, 0.2) is 0 Å². The van der Waals surface area contributed by atoms with Crippen LogP contribution in [0.3, 0.4) is 0 Å². The topological polar surface area (TPSA) is 27.7 Å². The first-order chi connectivity index (χ1) is 10.7. The Morgan fingerprint density at radius 2 is 1.27 bits per heavy atom. The molecule has 0 saturated carbocycles. The second-order valence-electron chi connectivity index (χ2n) is 4.82. The molecule has 118 valence electrons. The van der Waals surface area contributed by atoms with Crippen LogP contribution >= 0.6 is 7.92 Å². The molecule has 0 amide bonds. The van der Waals surface area contributed by atoms with Crippen LogP contribution in [0.2, 0.25) is 6.04 Å². The Balaban J connectivity index is 2.23. The van der Waals surface area contributed by atoms with E-state index in [1.54, 1.807) is 14.2 Å². The highest BCUT2D eigenvalue weighted by molar-refractivity contribution is 7.72. The summed E-state index contributed by atoms with van der Waals surface area (Å²) in [6.45, 7) is 2.05. The molecule has 2 rings (SSSR count). The number of rotatable bonds is 8. The lowest BCUT2D eigenvalue weighted by molar-refractivity contribution is 0.118. The average Bonchev–Trinajstić information content (AvgIpc) is 2.61. The summed E-state index contributed by atoms with van der Waals surface area (Å²) >= 11 is 0. The number of benzene rings is 2. The molecule has 0 aliphatic heterocycles. The predicted molar refractivity (Wildman–Crippen MR) is 95.3 cm³/mol. The Kier molecular flexibility index (Phi) is 6.74. The van der Waals surface area contributed by atoms with Gasteiger partial charge in [-0.2, -0.15) is 0 Å². The van der Waals surface area contributed by atoms with Crippen LogP contribution in [0, 0.1) is 0 Å². The maximum atomic E-state index is 6.17. The SMILES string of the molecule is CC[Si](OC)(OC)OCP(c1ccccc1)c1ccccc1. The minimum absolute atomic E-state index is 0.580. The lowest BCUT2D eigenvalue weighted by atomic mass is 10.4. The zero-order chi connectivity index (χ0) is 15.8. The third-order valence-corrected chi connectivity index (χ3v) is 8.77. The Labute approximate surface area is 135 Å². The van der Waals surface area contributed by atoms with E-state index in [1.807, 2.05) is 19.1 Å². The van der Waals surface area contributed by atoms with Crippen LogP contribution in [0.5, 0.6) is 0 Å². The molecule has 0 aliphatic rings. The largest absolute Gasteiger partial charge is 0.500 e. The molecular weight excluding hydrogens is 311 g/mol. The molecule has 0 aromatic heterocycles. The van der Waals surface area contributed by atoms with E-state index in [1.165, 1.54) is 10.6 Å². The monoisotopic (exact) mass is 334 g/mol. The van der Waals surface area contributed by atoms with Crippen LogP contribution < -0.4 is 10.6 Å². The first-order valence-electron chi connectivity index (χ1n) is 7.36. The van der Waals surface area contributed by atoms with Gasteiger partial charge in [-0.1, -0.05) is 67.6 Å². The summed E-state index contributed by atoms with van der Waals surface area (Å²) in [6.07, 6.45) is 0.616. The first-order valence-corrected chi connectivity index (χ1v) is 10.8. The van der Waals surface area contributed by atoms with E-state index in [-0.39, 0.29) is 0 Å². The Morgan fingerprint density at radius 1 is 0.818 bits per heavy atom. The Bertz CT molecular complexity index is 499. The van der Waals surface area contributed by atoms with Gasteiger partial charge in [0.05, 0.1) is 6.35 Å². The van der Waals surface area contributed by atoms with Crippen molar-refractivity contribution in [3.63, 3.8) is 0 Å². The van der Waals surface area contributed by atoms with Gasteiger partial charge in [-0.15, -0.1) is 0 Å². The molecule has 0 bridgehead atoms. The van der Waals surface area contributed by atoms with Crippen molar-refractivity contribution in [2.24, 2.45) is 0 Å². The van der Waals surface area contributed by atoms with E-state index >= 15 is 0 Å². The van der Waals surface area contributed by atoms with E-state index < -0.39 is 16.7 Å². The smallest absolute Gasteiger partial charge is 0.377 e. The molecule has 0 saturated heterocycles. The summed E-state index contributed by atoms with van der Waals surface area (Å²) in [7, 11) is 0.237. The van der Waals surface area contributed by atoms with Crippen LogP contribution in [-0.2, 0) is 13.3 Å². The second kappa shape index (κ2) is 8.56. The molecular formula is C17H23O3PSi. The molecule has 0 fully saturated rings. The van der Waals surface area contributed by atoms with Crippen LogP contribution in [0.1, 0.15) is 6.92 Å². The van der Waals surface area contributed by atoms with Crippen LogP contribution in [0.4, 0.5) is 0 Å². The molecule has 0 spiro atoms. The van der Waals surface area contributed by atoms with Crippen molar-refractivity contribution in [2.45, 2.75) is 13.0 Å². The van der Waals surface area contributed by atoms with Crippen molar-refractivity contribution in [3.8, 4) is 0 Å². The molecule has 0 unspecified atom stereocenters. The minimum Gasteiger partial charge on any atom is -0.377 e. The van der Waals surface area contributed by atoms with Gasteiger partial charge in [0.25, 0.3) is 0 Å². The third-order valence-electron chi connectivity index (χ3n) is 3.60. The fraction of sp³-hybridized carbons (Fsp3) is 0.294. The Morgan fingerprint density at radius 3 is 1.64 bits per heavy atom. The summed E-state index contributed by atoms with van der Waals surface area (Å²) in [6, 6.07) is 21.8. The quantitative estimate of drug-likeness (QED) is 0.547. The number of hydrogen-bond acceptors (Lipinski definition) is 3. The van der Waals surface area contributed by atoms with Gasteiger partial charge < -0.3 is 13.3 Å². The van der Waals surface area contributed by atoms with Crippen molar-refractivity contribution >= 4 is 27.3 Å². The molecule has 0 aliphatic carbocycles. The normalized spacial score (nSPS) is 11.8. The second-order valence-corrected chi connectivity index (χ2v) is 10.1. The Hall–Kier alpha value is -1.03. The van der Waals surface area contributed by atoms with Gasteiger partial charge in [0, 0.05) is 20.3 Å². The lowest BCUT2D eigenvalue weighted by Crippen LogP contribution is -2.43. The summed E-state index contributed by atoms with van der Waals surface area (Å²) in [5, 5.41) is 2.60. The van der Waals surface area contributed by atoms with Crippen molar-refractivity contribution in [2.75, 3.05) is 20.6 Å². The van der Waals surface area contributed by atoms with E-state index in [0.717, 1.165) is 6.04 Å². The summed E-state index contributed by atoms with van der Waals surface area (Å²) in [4.78, 5) is 0. The molecule has 2 aromatic carbocycles. The van der Waals surface area contributed by atoms with E-state index in [9.17, 15) is 0 Å². The molecule has 5 heteroatoms. The molecule has 0 atom stereocenters. The predicted octanol–water partition coefficient (Wildman–Crippen LogP) is 3.35. The maximum Gasteiger partial charge on any atom is 0.500 e. The maximum absolute atomic E-state index is 6.17. The van der Waals surface area contributed by atoms with Gasteiger partial charge in [0.1, 0.15) is 0 Å². The summed E-state index contributed by atoms with van der Waals surface area (Å²) < 4.78 is 17.3. The summed E-state index contributed by atoms with van der Waals surface area (Å²) in [5.74, 6) is 0. The average molecular weight is 334 g/mol. The first kappa shape index (κ1) is 17.3. The van der Waals surface area contributed by atoms with E-state index in [0.29, 0.717) is 6.35 Å². The molecule has 3 nitrogen and oxygen atoms in total. The third kappa shape index (κ3) is 4.25. The fourth-order valence-electron chi connectivity index (χ4n) is 2.27. The zero-order valence-electron chi connectivity index (χ0n) is 13.4. The van der Waals surface area contributed by atoms with Crippen molar-refractivity contribution < 1.29 is 13.3 Å². The van der Waals surface area contributed by atoms with Gasteiger partial charge in [-0.05, 0) is 18.5 Å². The van der Waals surface area contributed by atoms with Gasteiger partial charge >= 0.3 is 8.80 Å². The standard InChI is InChI=1S/C17H23O3PSi/c1-4-22(18-2,19-3)20-15-21(16-11-7-5-8-12-16)17-13-9-6-10-14-17/h5-14H,4,15H2,1-3H3. The highest BCUT2D eigenvalue weighted by atomic mass is 31.1. The van der Waals surface area contributed by atoms with Crippen molar-refractivity contribution in [1.82, 2.24) is 0 Å². The zero-order valence-corrected chi connectivity index (χ0v) is 15.3. The van der Waals surface area contributed by atoms with Gasteiger partial charge in [0.2, 0.25) is 0 Å². The lowest BCUT2D eigenvalue weighted by Gasteiger charge is -2.28. The van der Waals surface area contributed by atoms with Crippen LogP contribution in [-0.4, -0.2) is 29.4 Å². The number of hydrogen-bond donors (Lipinski definition) is 0. The minimum atomic E-state index is -2.53. The highest BCUT2D eigenvalue weighted by Gasteiger charge is 2.37. The van der Waals surface area contributed by atoms with Crippen LogP contribution in [0.25, 0.3) is 0 Å². The molecule has 0 radical (unpaired) electrons. The highest BCUT2D eigenvalue weighted by Crippen LogP contribution is 2.35. The van der Waals surface area contributed by atoms with Crippen molar-refractivity contribution in [3.05, 3.63) is 60.7 Å². The fourth-order valence-corrected chi connectivity index (χ4v) is 6.42. The molecule has 22 heavy (non-hydrogen) atoms. The van der Waals surface area contributed by atoms with Gasteiger partial charge in [-0.3, -0.25) is 0 Å². The van der Waals surface area contributed by atoms with Crippen LogP contribution in [0.15, 0.2) is 60.7 Å². The molecule has 0 heterocycles. The summed E-state index contributed by atoms with van der Waals surface area (Å²) in [5.41, 5.74) is 0.